The van der Waals surface area contributed by atoms with Crippen molar-refractivity contribution in [1.82, 2.24) is 10.2 Å². The minimum Gasteiger partial charge on any atom is -0.368 e. The molecule has 0 bridgehead atoms. The number of hydrogen-bond acceptors (Lipinski definition) is 3. The Kier molecular flexibility index (Phi) is 8.20. The number of carbonyl (C=O) groups excluding carboxylic acids is 1. The summed E-state index contributed by atoms with van der Waals surface area (Å²) in [6, 6.07) is 0.591. The Balaban J connectivity index is 4.38. The summed E-state index contributed by atoms with van der Waals surface area (Å²) in [6.07, 6.45) is 4.05. The van der Waals surface area contributed by atoms with Crippen LogP contribution in [-0.2, 0) is 4.79 Å². The van der Waals surface area contributed by atoms with Gasteiger partial charge >= 0.3 is 0 Å². The molecule has 0 radical (unpaired) electrons. The molecule has 0 heterocycles. The average molecular weight is 257 g/mol. The van der Waals surface area contributed by atoms with Crippen LogP contribution >= 0.6 is 0 Å². The van der Waals surface area contributed by atoms with Crippen LogP contribution in [0.5, 0.6) is 0 Å². The summed E-state index contributed by atoms with van der Waals surface area (Å²) < 4.78 is 0. The molecule has 0 fully saturated rings. The van der Waals surface area contributed by atoms with Gasteiger partial charge in [-0.2, -0.15) is 0 Å². The largest absolute Gasteiger partial charge is 0.368 e. The highest BCUT2D eigenvalue weighted by Crippen LogP contribution is 2.13. The van der Waals surface area contributed by atoms with Crippen molar-refractivity contribution >= 4 is 5.91 Å². The predicted octanol–water partition coefficient (Wildman–Crippen LogP) is 1.74. The van der Waals surface area contributed by atoms with Gasteiger partial charge in [0.15, 0.2) is 0 Å². The first-order chi connectivity index (χ1) is 8.41. The molecule has 0 aliphatic carbocycles. The highest BCUT2D eigenvalue weighted by Gasteiger charge is 2.30. The molecule has 0 rings (SSSR count). The number of nitrogens with two attached hydrogens (primary N) is 1. The lowest BCUT2D eigenvalue weighted by Crippen LogP contribution is -2.55. The highest BCUT2D eigenvalue weighted by atomic mass is 16.1. The van der Waals surface area contributed by atoms with E-state index >= 15 is 0 Å². The third-order valence-corrected chi connectivity index (χ3v) is 3.84. The van der Waals surface area contributed by atoms with E-state index in [1.807, 2.05) is 6.92 Å². The Morgan fingerprint density at radius 3 is 2.28 bits per heavy atom. The Morgan fingerprint density at radius 1 is 1.33 bits per heavy atom. The SMILES string of the molecule is CCCNC(C)(CCN(C)C(CC)CC)C(N)=O. The number of amides is 1. The van der Waals surface area contributed by atoms with Gasteiger partial charge in [0.2, 0.25) is 5.91 Å². The number of hydrogen-bond donors (Lipinski definition) is 2. The van der Waals surface area contributed by atoms with Gasteiger partial charge in [0.1, 0.15) is 0 Å². The molecule has 0 saturated heterocycles. The van der Waals surface area contributed by atoms with Gasteiger partial charge < -0.3 is 16.0 Å². The number of primary amides is 1. The van der Waals surface area contributed by atoms with E-state index in [1.165, 1.54) is 0 Å². The first kappa shape index (κ1) is 17.4. The summed E-state index contributed by atoms with van der Waals surface area (Å²) in [7, 11) is 2.12. The van der Waals surface area contributed by atoms with Crippen LogP contribution in [0.25, 0.3) is 0 Å². The van der Waals surface area contributed by atoms with Crippen LogP contribution in [0.2, 0.25) is 0 Å². The molecular formula is C14H31N3O. The normalized spacial score (nSPS) is 15.1. The van der Waals surface area contributed by atoms with E-state index in [2.05, 4.69) is 38.0 Å². The number of nitrogens with zero attached hydrogens (tertiary/aromatic N) is 1. The molecule has 0 aliphatic heterocycles. The average Bonchev–Trinajstić information content (AvgIpc) is 2.35. The van der Waals surface area contributed by atoms with Gasteiger partial charge in [0.25, 0.3) is 0 Å². The molecule has 1 amide bonds. The molecule has 108 valence electrons. The predicted molar refractivity (Wildman–Crippen MR) is 77.5 cm³/mol. The van der Waals surface area contributed by atoms with Crippen molar-refractivity contribution in [3.63, 3.8) is 0 Å². The fraction of sp³-hybridized carbons (Fsp3) is 0.929. The Bertz CT molecular complexity index is 241. The van der Waals surface area contributed by atoms with Crippen LogP contribution in [0.1, 0.15) is 53.4 Å². The first-order valence-electron chi connectivity index (χ1n) is 7.16. The van der Waals surface area contributed by atoms with Crippen molar-refractivity contribution in [2.75, 3.05) is 20.1 Å². The van der Waals surface area contributed by atoms with E-state index in [0.717, 1.165) is 38.8 Å². The first-order valence-corrected chi connectivity index (χ1v) is 7.16. The third-order valence-electron chi connectivity index (χ3n) is 3.84. The second-order valence-corrected chi connectivity index (χ2v) is 5.32. The van der Waals surface area contributed by atoms with Crippen molar-refractivity contribution < 1.29 is 4.79 Å². The van der Waals surface area contributed by atoms with Crippen molar-refractivity contribution in [2.24, 2.45) is 5.73 Å². The lowest BCUT2D eigenvalue weighted by Gasteiger charge is -2.32. The molecule has 1 atom stereocenters. The summed E-state index contributed by atoms with van der Waals surface area (Å²) in [5.74, 6) is -0.256. The van der Waals surface area contributed by atoms with Crippen LogP contribution < -0.4 is 11.1 Å². The standard InChI is InChI=1S/C14H31N3O/c1-6-10-16-14(4,13(15)18)9-11-17(5)12(7-2)8-3/h12,16H,6-11H2,1-5H3,(H2,15,18). The molecule has 4 nitrogen and oxygen atoms in total. The molecule has 0 aromatic heterocycles. The van der Waals surface area contributed by atoms with E-state index < -0.39 is 5.54 Å². The van der Waals surface area contributed by atoms with E-state index in [-0.39, 0.29) is 5.91 Å². The third kappa shape index (κ3) is 5.36. The van der Waals surface area contributed by atoms with Gasteiger partial charge in [0.05, 0.1) is 5.54 Å². The van der Waals surface area contributed by atoms with Crippen LogP contribution in [-0.4, -0.2) is 42.5 Å². The monoisotopic (exact) mass is 257 g/mol. The van der Waals surface area contributed by atoms with Gasteiger partial charge in [-0.25, -0.2) is 0 Å². The second kappa shape index (κ2) is 8.48. The second-order valence-electron chi connectivity index (χ2n) is 5.32. The maximum absolute atomic E-state index is 11.6. The van der Waals surface area contributed by atoms with Crippen LogP contribution in [0, 0.1) is 0 Å². The zero-order valence-corrected chi connectivity index (χ0v) is 12.8. The van der Waals surface area contributed by atoms with Crippen molar-refractivity contribution in [2.45, 2.75) is 65.0 Å². The molecule has 0 aromatic carbocycles. The van der Waals surface area contributed by atoms with Gasteiger partial charge in [-0.15, -0.1) is 0 Å². The molecule has 18 heavy (non-hydrogen) atoms. The van der Waals surface area contributed by atoms with E-state index in [9.17, 15) is 4.79 Å². The number of carbonyl (C=O) groups is 1. The van der Waals surface area contributed by atoms with Crippen LogP contribution in [0.3, 0.4) is 0 Å². The number of nitrogens with one attached hydrogen (secondary N) is 1. The fourth-order valence-corrected chi connectivity index (χ4v) is 2.19. The van der Waals surface area contributed by atoms with E-state index in [1.54, 1.807) is 0 Å². The quantitative estimate of drug-likeness (QED) is 0.627. The topological polar surface area (TPSA) is 58.4 Å². The summed E-state index contributed by atoms with van der Waals surface area (Å²) in [5.41, 5.74) is 4.93. The Labute approximate surface area is 112 Å². The lowest BCUT2D eigenvalue weighted by molar-refractivity contribution is -0.124. The molecular weight excluding hydrogens is 226 g/mol. The Hall–Kier alpha value is -0.610. The summed E-state index contributed by atoms with van der Waals surface area (Å²) in [6.45, 7) is 10.1. The fourth-order valence-electron chi connectivity index (χ4n) is 2.19. The molecule has 0 saturated carbocycles. The molecule has 1 unspecified atom stereocenters. The maximum Gasteiger partial charge on any atom is 0.237 e. The molecule has 0 aromatic rings. The molecule has 3 N–H and O–H groups in total. The highest BCUT2D eigenvalue weighted by molar-refractivity contribution is 5.84. The van der Waals surface area contributed by atoms with E-state index in [0.29, 0.717) is 6.04 Å². The smallest absolute Gasteiger partial charge is 0.237 e. The van der Waals surface area contributed by atoms with Crippen LogP contribution in [0.15, 0.2) is 0 Å². The summed E-state index contributed by atoms with van der Waals surface area (Å²) in [4.78, 5) is 13.9. The lowest BCUT2D eigenvalue weighted by atomic mass is 9.95. The minimum atomic E-state index is -0.587. The Morgan fingerprint density at radius 2 is 1.89 bits per heavy atom. The molecule has 4 heteroatoms. The van der Waals surface area contributed by atoms with Crippen molar-refractivity contribution in [3.8, 4) is 0 Å². The van der Waals surface area contributed by atoms with Gasteiger partial charge in [-0.1, -0.05) is 20.8 Å². The summed E-state index contributed by atoms with van der Waals surface area (Å²) >= 11 is 0. The van der Waals surface area contributed by atoms with Crippen LogP contribution in [0.4, 0.5) is 0 Å². The zero-order valence-electron chi connectivity index (χ0n) is 12.8. The van der Waals surface area contributed by atoms with Crippen molar-refractivity contribution in [3.05, 3.63) is 0 Å². The molecule has 0 spiro atoms. The minimum absolute atomic E-state index is 0.256. The van der Waals surface area contributed by atoms with Gasteiger partial charge in [-0.05, 0) is 46.2 Å². The van der Waals surface area contributed by atoms with Gasteiger partial charge in [-0.3, -0.25) is 4.79 Å². The van der Waals surface area contributed by atoms with E-state index in [4.69, 9.17) is 5.73 Å². The number of rotatable bonds is 10. The van der Waals surface area contributed by atoms with Gasteiger partial charge in [0, 0.05) is 12.6 Å². The summed E-state index contributed by atoms with van der Waals surface area (Å²) in [5, 5.41) is 3.27. The zero-order chi connectivity index (χ0) is 14.2. The van der Waals surface area contributed by atoms with Crippen molar-refractivity contribution in [1.29, 1.82) is 0 Å². The molecule has 0 aliphatic rings. The maximum atomic E-state index is 11.6.